The number of Topliss-reactive ketones (excluding diaryl/α,β-unsaturated/α-hetero) is 1. The Kier molecular flexibility index (Phi) is 10.3. The quantitative estimate of drug-likeness (QED) is 0.491. The molecule has 0 aliphatic heterocycles. The molecule has 0 saturated heterocycles. The van der Waals surface area contributed by atoms with Crippen LogP contribution in [0, 0.1) is 0 Å². The molecule has 0 aromatic carbocycles. The molecule has 0 fully saturated rings. The number of ketones is 1. The van der Waals surface area contributed by atoms with Gasteiger partial charge in [-0.25, -0.2) is 9.59 Å². The third-order valence-corrected chi connectivity index (χ3v) is 3.20. The molecule has 0 heterocycles. The van der Waals surface area contributed by atoms with Gasteiger partial charge < -0.3 is 19.6 Å². The van der Waals surface area contributed by atoms with Crippen LogP contribution < -0.4 is 5.32 Å². The van der Waals surface area contributed by atoms with Crippen molar-refractivity contribution >= 4 is 17.8 Å². The van der Waals surface area contributed by atoms with Crippen molar-refractivity contribution in [3.63, 3.8) is 0 Å². The number of nitrogens with one attached hydrogen (secondary N) is 1. The number of amides is 1. The summed E-state index contributed by atoms with van der Waals surface area (Å²) in [5.41, 5.74) is -0.610. The maximum absolute atomic E-state index is 11.8. The molecule has 0 aliphatic carbocycles. The summed E-state index contributed by atoms with van der Waals surface area (Å²) in [5.74, 6) is -0.246. The lowest BCUT2D eigenvalue weighted by Gasteiger charge is -2.22. The highest BCUT2D eigenvalue weighted by molar-refractivity contribution is 5.81. The molecular weight excluding hydrogens is 298 g/mol. The molecular formula is C17H31NO5. The fourth-order valence-electron chi connectivity index (χ4n) is 2.09. The van der Waals surface area contributed by atoms with Crippen molar-refractivity contribution in [2.45, 2.75) is 84.3 Å². The van der Waals surface area contributed by atoms with E-state index in [2.05, 4.69) is 5.32 Å². The van der Waals surface area contributed by atoms with Crippen molar-refractivity contribution in [3.8, 4) is 0 Å². The standard InChI is InChI=1S/C17H31NO5/c1-13(19)11-9-7-6-8-10-12-14(15(20)22-5)18-16(21)23-17(2,3)4/h14H,6-12H2,1-5H3,(H,18,21)/t14-/m0/s1. The Morgan fingerprint density at radius 2 is 1.57 bits per heavy atom. The van der Waals surface area contributed by atoms with Gasteiger partial charge in [-0.1, -0.05) is 25.7 Å². The second-order valence-electron chi connectivity index (χ2n) is 6.73. The van der Waals surface area contributed by atoms with Crippen molar-refractivity contribution in [1.29, 1.82) is 0 Å². The number of esters is 1. The van der Waals surface area contributed by atoms with Crippen molar-refractivity contribution in [3.05, 3.63) is 0 Å². The van der Waals surface area contributed by atoms with E-state index in [4.69, 9.17) is 9.47 Å². The van der Waals surface area contributed by atoms with Crippen LogP contribution >= 0.6 is 0 Å². The molecule has 6 nitrogen and oxygen atoms in total. The van der Waals surface area contributed by atoms with Crippen LogP contribution in [0.15, 0.2) is 0 Å². The Morgan fingerprint density at radius 3 is 2.09 bits per heavy atom. The number of unbranched alkanes of at least 4 members (excludes halogenated alkanes) is 4. The minimum Gasteiger partial charge on any atom is -0.467 e. The number of ether oxygens (including phenoxy) is 2. The van der Waals surface area contributed by atoms with Crippen LogP contribution in [0.25, 0.3) is 0 Å². The number of hydrogen-bond donors (Lipinski definition) is 1. The summed E-state index contributed by atoms with van der Waals surface area (Å²) in [7, 11) is 1.30. The Hall–Kier alpha value is -1.59. The van der Waals surface area contributed by atoms with E-state index in [1.807, 2.05) is 0 Å². The molecule has 0 saturated carbocycles. The molecule has 1 amide bonds. The minimum absolute atomic E-state index is 0.220. The van der Waals surface area contributed by atoms with Gasteiger partial charge in [0.2, 0.25) is 0 Å². The summed E-state index contributed by atoms with van der Waals surface area (Å²) in [6.45, 7) is 6.89. The second-order valence-corrected chi connectivity index (χ2v) is 6.73. The van der Waals surface area contributed by atoms with Crippen molar-refractivity contribution in [1.82, 2.24) is 5.32 Å². The molecule has 1 N–H and O–H groups in total. The van der Waals surface area contributed by atoms with E-state index in [0.29, 0.717) is 12.8 Å². The topological polar surface area (TPSA) is 81.7 Å². The van der Waals surface area contributed by atoms with E-state index in [1.165, 1.54) is 7.11 Å². The molecule has 134 valence electrons. The molecule has 0 spiro atoms. The zero-order valence-corrected chi connectivity index (χ0v) is 15.1. The smallest absolute Gasteiger partial charge is 0.408 e. The Labute approximate surface area is 139 Å². The van der Waals surface area contributed by atoms with Gasteiger partial charge in [0.05, 0.1) is 7.11 Å². The SMILES string of the molecule is COC(=O)[C@H](CCCCCCCC(C)=O)NC(=O)OC(C)(C)C. The van der Waals surface area contributed by atoms with Gasteiger partial charge in [0.1, 0.15) is 17.4 Å². The predicted molar refractivity (Wildman–Crippen MR) is 88.2 cm³/mol. The molecule has 0 bridgehead atoms. The van der Waals surface area contributed by atoms with E-state index in [1.54, 1.807) is 27.7 Å². The highest BCUT2D eigenvalue weighted by Crippen LogP contribution is 2.11. The number of methoxy groups -OCH3 is 1. The summed E-state index contributed by atoms with van der Waals surface area (Å²) >= 11 is 0. The van der Waals surface area contributed by atoms with Crippen LogP contribution in [0.5, 0.6) is 0 Å². The van der Waals surface area contributed by atoms with Crippen LogP contribution in [0.2, 0.25) is 0 Å². The summed E-state index contributed by atoms with van der Waals surface area (Å²) < 4.78 is 9.87. The first-order valence-corrected chi connectivity index (χ1v) is 8.22. The van der Waals surface area contributed by atoms with E-state index < -0.39 is 23.7 Å². The molecule has 0 aromatic rings. The zero-order chi connectivity index (χ0) is 17.9. The number of carbonyl (C=O) groups excluding carboxylic acids is 3. The largest absolute Gasteiger partial charge is 0.467 e. The van der Waals surface area contributed by atoms with E-state index in [-0.39, 0.29) is 5.78 Å². The lowest BCUT2D eigenvalue weighted by Crippen LogP contribution is -2.44. The van der Waals surface area contributed by atoms with Crippen LogP contribution in [-0.4, -0.2) is 36.6 Å². The summed E-state index contributed by atoms with van der Waals surface area (Å²) in [6.07, 6.45) is 5.19. The van der Waals surface area contributed by atoms with Gasteiger partial charge in [-0.2, -0.15) is 0 Å². The first kappa shape index (κ1) is 21.4. The number of alkyl carbamates (subject to hydrolysis) is 1. The van der Waals surface area contributed by atoms with E-state index in [9.17, 15) is 14.4 Å². The zero-order valence-electron chi connectivity index (χ0n) is 15.1. The fraction of sp³-hybridized carbons (Fsp3) is 0.824. The number of hydrogen-bond acceptors (Lipinski definition) is 5. The minimum atomic E-state index is -0.688. The molecule has 0 aromatic heterocycles. The molecule has 0 radical (unpaired) electrons. The predicted octanol–water partition coefficient (Wildman–Crippen LogP) is 3.37. The fourth-order valence-corrected chi connectivity index (χ4v) is 2.09. The molecule has 23 heavy (non-hydrogen) atoms. The third kappa shape index (κ3) is 12.6. The Morgan fingerprint density at radius 1 is 1.00 bits per heavy atom. The normalized spacial score (nSPS) is 12.4. The van der Waals surface area contributed by atoms with Gasteiger partial charge in [-0.3, -0.25) is 0 Å². The van der Waals surface area contributed by atoms with Crippen LogP contribution in [0.1, 0.15) is 72.6 Å². The average Bonchev–Trinajstić information content (AvgIpc) is 2.41. The molecule has 0 rings (SSSR count). The van der Waals surface area contributed by atoms with Gasteiger partial charge in [0.25, 0.3) is 0 Å². The van der Waals surface area contributed by atoms with Gasteiger partial charge in [-0.15, -0.1) is 0 Å². The molecule has 0 aliphatic rings. The number of carbonyl (C=O) groups is 3. The van der Waals surface area contributed by atoms with Gasteiger partial charge in [0, 0.05) is 6.42 Å². The van der Waals surface area contributed by atoms with Gasteiger partial charge >= 0.3 is 12.1 Å². The Balaban J connectivity index is 4.09. The Bertz CT molecular complexity index is 387. The highest BCUT2D eigenvalue weighted by atomic mass is 16.6. The number of rotatable bonds is 10. The first-order chi connectivity index (χ1) is 10.7. The van der Waals surface area contributed by atoms with Gasteiger partial charge in [-0.05, 0) is 40.5 Å². The maximum Gasteiger partial charge on any atom is 0.408 e. The van der Waals surface area contributed by atoms with Crippen molar-refractivity contribution in [2.75, 3.05) is 7.11 Å². The van der Waals surface area contributed by atoms with E-state index in [0.717, 1.165) is 32.1 Å². The van der Waals surface area contributed by atoms with Crippen molar-refractivity contribution < 1.29 is 23.9 Å². The lowest BCUT2D eigenvalue weighted by atomic mass is 10.0. The summed E-state index contributed by atoms with van der Waals surface area (Å²) in [4.78, 5) is 34.3. The molecule has 1 atom stereocenters. The highest BCUT2D eigenvalue weighted by Gasteiger charge is 2.24. The van der Waals surface area contributed by atoms with Crippen LogP contribution in [-0.2, 0) is 19.1 Å². The van der Waals surface area contributed by atoms with Crippen molar-refractivity contribution in [2.24, 2.45) is 0 Å². The first-order valence-electron chi connectivity index (χ1n) is 8.22. The monoisotopic (exact) mass is 329 g/mol. The van der Waals surface area contributed by atoms with Crippen LogP contribution in [0.4, 0.5) is 4.79 Å². The average molecular weight is 329 g/mol. The van der Waals surface area contributed by atoms with Crippen LogP contribution in [0.3, 0.4) is 0 Å². The third-order valence-electron chi connectivity index (χ3n) is 3.20. The summed E-state index contributed by atoms with van der Waals surface area (Å²) in [5, 5.41) is 2.56. The maximum atomic E-state index is 11.8. The lowest BCUT2D eigenvalue weighted by molar-refractivity contribution is -0.143. The summed E-state index contributed by atoms with van der Waals surface area (Å²) in [6, 6.07) is -0.688. The molecule has 0 unspecified atom stereocenters. The van der Waals surface area contributed by atoms with E-state index >= 15 is 0 Å². The molecule has 6 heteroatoms. The van der Waals surface area contributed by atoms with Gasteiger partial charge in [0.15, 0.2) is 0 Å². The second kappa shape index (κ2) is 11.0.